The van der Waals surface area contributed by atoms with Crippen LogP contribution >= 0.6 is 11.6 Å². The summed E-state index contributed by atoms with van der Waals surface area (Å²) in [6.45, 7) is 3.62. The lowest BCUT2D eigenvalue weighted by Gasteiger charge is -2.12. The lowest BCUT2D eigenvalue weighted by molar-refractivity contribution is 0.600. The molecule has 0 bridgehead atoms. The molecule has 2 N–H and O–H groups in total. The molecule has 0 radical (unpaired) electrons. The minimum absolute atomic E-state index is 0.00448. The second-order valence-electron chi connectivity index (χ2n) is 6.51. The molecule has 3 aromatic rings. The van der Waals surface area contributed by atoms with Crippen LogP contribution in [0.3, 0.4) is 0 Å². The summed E-state index contributed by atoms with van der Waals surface area (Å²) in [7, 11) is -7.62. The molecule has 0 saturated heterocycles. The molecule has 0 saturated carbocycles. The molecule has 0 fully saturated rings. The number of benzene rings is 3. The van der Waals surface area contributed by atoms with Crippen LogP contribution in [0.4, 0.5) is 11.4 Å². The quantitative estimate of drug-likeness (QED) is 0.575. The van der Waals surface area contributed by atoms with Crippen molar-refractivity contribution in [2.75, 3.05) is 9.44 Å². The maximum Gasteiger partial charge on any atom is 0.261 e. The lowest BCUT2D eigenvalue weighted by Crippen LogP contribution is -2.15. The van der Waals surface area contributed by atoms with Crippen LogP contribution in [0, 0.1) is 13.8 Å². The summed E-state index contributed by atoms with van der Waals surface area (Å²) in [5, 5.41) is 0.411. The molecule has 3 rings (SSSR count). The van der Waals surface area contributed by atoms with E-state index in [1.807, 2.05) is 6.92 Å². The van der Waals surface area contributed by atoms with E-state index in [9.17, 15) is 16.8 Å². The molecule has 0 amide bonds. The van der Waals surface area contributed by atoms with Gasteiger partial charge in [-0.2, -0.15) is 0 Å². The van der Waals surface area contributed by atoms with Crippen LogP contribution in [0.1, 0.15) is 11.1 Å². The number of sulfonamides is 2. The number of halogens is 1. The third kappa shape index (κ3) is 5.09. The number of hydrogen-bond donors (Lipinski definition) is 2. The first-order chi connectivity index (χ1) is 13.6. The zero-order valence-corrected chi connectivity index (χ0v) is 18.1. The van der Waals surface area contributed by atoms with Gasteiger partial charge in [0.1, 0.15) is 0 Å². The highest BCUT2D eigenvalue weighted by Gasteiger charge is 2.17. The van der Waals surface area contributed by atoms with E-state index < -0.39 is 20.0 Å². The average molecular weight is 451 g/mol. The summed E-state index contributed by atoms with van der Waals surface area (Å²) < 4.78 is 55.1. The third-order valence-corrected chi connectivity index (χ3v) is 7.21. The summed E-state index contributed by atoms with van der Waals surface area (Å²) in [6.07, 6.45) is 0. The van der Waals surface area contributed by atoms with Crippen molar-refractivity contribution in [3.63, 3.8) is 0 Å². The molecule has 0 aromatic heterocycles. The predicted octanol–water partition coefficient (Wildman–Crippen LogP) is 4.56. The molecular formula is C20H19ClN2O4S2. The predicted molar refractivity (Wildman–Crippen MR) is 115 cm³/mol. The van der Waals surface area contributed by atoms with Crippen LogP contribution in [-0.2, 0) is 20.0 Å². The molecule has 152 valence electrons. The van der Waals surface area contributed by atoms with Crippen molar-refractivity contribution in [3.05, 3.63) is 82.9 Å². The number of nitrogens with one attached hydrogen (secondary N) is 2. The van der Waals surface area contributed by atoms with Crippen LogP contribution in [-0.4, -0.2) is 16.8 Å². The minimum Gasteiger partial charge on any atom is -0.280 e. The summed E-state index contributed by atoms with van der Waals surface area (Å²) >= 11 is 5.93. The van der Waals surface area contributed by atoms with Crippen LogP contribution in [0.15, 0.2) is 76.5 Å². The molecule has 29 heavy (non-hydrogen) atoms. The van der Waals surface area contributed by atoms with E-state index in [4.69, 9.17) is 11.6 Å². The van der Waals surface area contributed by atoms with Crippen molar-refractivity contribution < 1.29 is 16.8 Å². The molecule has 6 nitrogen and oxygen atoms in total. The Morgan fingerprint density at radius 1 is 0.690 bits per heavy atom. The molecular weight excluding hydrogens is 432 g/mol. The maximum atomic E-state index is 12.6. The van der Waals surface area contributed by atoms with Crippen LogP contribution < -0.4 is 9.44 Å². The van der Waals surface area contributed by atoms with Gasteiger partial charge in [0.05, 0.1) is 15.5 Å². The van der Waals surface area contributed by atoms with Gasteiger partial charge in [0.15, 0.2) is 0 Å². The van der Waals surface area contributed by atoms with Crippen LogP contribution in [0.5, 0.6) is 0 Å². The van der Waals surface area contributed by atoms with Gasteiger partial charge in [0.2, 0.25) is 0 Å². The molecule has 0 unspecified atom stereocenters. The fraction of sp³-hybridized carbons (Fsp3) is 0.100. The van der Waals surface area contributed by atoms with Gasteiger partial charge in [0.25, 0.3) is 20.0 Å². The standard InChI is InChI=1S/C20H19ClN2O4S2/c1-14-3-9-18(10-4-14)28(24,25)22-17-7-11-19(12-8-17)29(26,27)23-20-13-16(21)6-5-15(20)2/h3-13,22-23H,1-2H3. The largest absolute Gasteiger partial charge is 0.280 e. The van der Waals surface area contributed by atoms with Crippen molar-refractivity contribution in [2.24, 2.45) is 0 Å². The monoisotopic (exact) mass is 450 g/mol. The summed E-state index contributed by atoms with van der Waals surface area (Å²) in [4.78, 5) is 0.119. The Hall–Kier alpha value is -2.55. The molecule has 3 aromatic carbocycles. The number of anilines is 2. The number of aryl methyl sites for hydroxylation is 2. The normalized spacial score (nSPS) is 11.8. The Labute approximate surface area is 175 Å². The van der Waals surface area contributed by atoms with E-state index >= 15 is 0 Å². The van der Waals surface area contributed by atoms with Gasteiger partial charge in [-0.15, -0.1) is 0 Å². The van der Waals surface area contributed by atoms with E-state index in [2.05, 4.69) is 9.44 Å². The second-order valence-corrected chi connectivity index (χ2v) is 10.3. The first-order valence-electron chi connectivity index (χ1n) is 8.55. The molecule has 0 heterocycles. The van der Waals surface area contributed by atoms with Gasteiger partial charge < -0.3 is 0 Å². The van der Waals surface area contributed by atoms with Crippen molar-refractivity contribution in [3.8, 4) is 0 Å². The highest BCUT2D eigenvalue weighted by Crippen LogP contribution is 2.24. The van der Waals surface area contributed by atoms with Crippen molar-refractivity contribution in [1.29, 1.82) is 0 Å². The Balaban J connectivity index is 1.80. The van der Waals surface area contributed by atoms with Gasteiger partial charge in [-0.3, -0.25) is 9.44 Å². The minimum atomic E-state index is -3.86. The lowest BCUT2D eigenvalue weighted by atomic mass is 10.2. The molecule has 0 aliphatic carbocycles. The first-order valence-corrected chi connectivity index (χ1v) is 11.9. The van der Waals surface area contributed by atoms with Gasteiger partial charge >= 0.3 is 0 Å². The van der Waals surface area contributed by atoms with Crippen LogP contribution in [0.2, 0.25) is 5.02 Å². The maximum absolute atomic E-state index is 12.6. The van der Waals surface area contributed by atoms with E-state index in [0.29, 0.717) is 10.7 Å². The fourth-order valence-corrected chi connectivity index (χ4v) is 4.89. The van der Waals surface area contributed by atoms with Gasteiger partial charge in [-0.05, 0) is 67.9 Å². The molecule has 0 aliphatic heterocycles. The summed E-state index contributed by atoms with van der Waals surface area (Å²) in [5.41, 5.74) is 2.30. The first kappa shape index (κ1) is 21.2. The van der Waals surface area contributed by atoms with Gasteiger partial charge in [0, 0.05) is 10.7 Å². The van der Waals surface area contributed by atoms with Gasteiger partial charge in [-0.1, -0.05) is 35.4 Å². The number of rotatable bonds is 6. The zero-order valence-electron chi connectivity index (χ0n) is 15.7. The van der Waals surface area contributed by atoms with Crippen molar-refractivity contribution >= 4 is 43.0 Å². The van der Waals surface area contributed by atoms with E-state index in [1.165, 1.54) is 42.5 Å². The SMILES string of the molecule is Cc1ccc(S(=O)(=O)Nc2ccc(S(=O)(=O)Nc3cc(Cl)ccc3C)cc2)cc1. The Kier molecular flexibility index (Phi) is 5.88. The zero-order chi connectivity index (χ0) is 21.2. The highest BCUT2D eigenvalue weighted by atomic mass is 35.5. The fourth-order valence-electron chi connectivity index (χ4n) is 2.54. The Bertz CT molecular complexity index is 1240. The third-order valence-electron chi connectivity index (χ3n) is 4.19. The van der Waals surface area contributed by atoms with Crippen molar-refractivity contribution in [2.45, 2.75) is 23.6 Å². The van der Waals surface area contributed by atoms with E-state index in [0.717, 1.165) is 11.1 Å². The highest BCUT2D eigenvalue weighted by molar-refractivity contribution is 7.93. The molecule has 9 heteroatoms. The smallest absolute Gasteiger partial charge is 0.261 e. The Morgan fingerprint density at radius 3 is 1.79 bits per heavy atom. The summed E-state index contributed by atoms with van der Waals surface area (Å²) in [6, 6.07) is 16.8. The Morgan fingerprint density at radius 2 is 1.21 bits per heavy atom. The molecule has 0 aliphatic rings. The number of hydrogen-bond acceptors (Lipinski definition) is 4. The van der Waals surface area contributed by atoms with E-state index in [-0.39, 0.29) is 15.5 Å². The van der Waals surface area contributed by atoms with Gasteiger partial charge in [-0.25, -0.2) is 16.8 Å². The average Bonchev–Trinajstić information content (AvgIpc) is 2.65. The topological polar surface area (TPSA) is 92.3 Å². The van der Waals surface area contributed by atoms with E-state index in [1.54, 1.807) is 31.2 Å². The summed E-state index contributed by atoms with van der Waals surface area (Å²) in [5.74, 6) is 0. The van der Waals surface area contributed by atoms with Crippen LogP contribution in [0.25, 0.3) is 0 Å². The van der Waals surface area contributed by atoms with Crippen molar-refractivity contribution in [1.82, 2.24) is 0 Å². The molecule has 0 atom stereocenters. The second kappa shape index (κ2) is 8.06. The molecule has 0 spiro atoms.